The fraction of sp³-hybridized carbons (Fsp3) is 0.500. The highest BCUT2D eigenvalue weighted by molar-refractivity contribution is 5.33. The Morgan fingerprint density at radius 3 is 2.35 bits per heavy atom. The first-order valence-corrected chi connectivity index (χ1v) is 5.95. The van der Waals surface area contributed by atoms with E-state index in [2.05, 4.69) is 13.0 Å². The predicted octanol–water partition coefficient (Wildman–Crippen LogP) is 2.81. The molecule has 3 heteroatoms. The van der Waals surface area contributed by atoms with Crippen LogP contribution in [-0.4, -0.2) is 19.0 Å². The van der Waals surface area contributed by atoms with Gasteiger partial charge in [-0.25, -0.2) is 0 Å². The van der Waals surface area contributed by atoms with Crippen LogP contribution in [0.25, 0.3) is 0 Å². The van der Waals surface area contributed by atoms with Gasteiger partial charge in [0.1, 0.15) is 0 Å². The number of hydrogen-bond acceptors (Lipinski definition) is 3. The van der Waals surface area contributed by atoms with Crippen molar-refractivity contribution in [2.24, 2.45) is 0 Å². The summed E-state index contributed by atoms with van der Waals surface area (Å²) in [5.41, 5.74) is 1.85. The zero-order valence-corrected chi connectivity index (χ0v) is 10.3. The molecule has 17 heavy (non-hydrogen) atoms. The molecule has 0 aliphatic carbocycles. The third-order valence-corrected chi connectivity index (χ3v) is 3.33. The zero-order chi connectivity index (χ0) is 12.3. The molecule has 0 saturated carbocycles. The highest BCUT2D eigenvalue weighted by Gasteiger charge is 2.31. The Balaban J connectivity index is 2.03. The van der Waals surface area contributed by atoms with E-state index < -0.39 is 5.79 Å². The Kier molecular flexibility index (Phi) is 3.46. The van der Waals surface area contributed by atoms with Gasteiger partial charge in [-0.05, 0) is 31.0 Å². The first kappa shape index (κ1) is 12.1. The molecule has 1 saturated heterocycles. The Labute approximate surface area is 102 Å². The number of hydrogen-bond donors (Lipinski definition) is 0. The molecule has 1 aliphatic rings. The molecule has 0 unspecified atom stereocenters. The maximum atomic E-state index is 8.74. The largest absolute Gasteiger partial charge is 0.350 e. The molecule has 0 radical (unpaired) electrons. The molecule has 1 aromatic carbocycles. The van der Waals surface area contributed by atoms with Crippen molar-refractivity contribution in [3.63, 3.8) is 0 Å². The van der Waals surface area contributed by atoms with Gasteiger partial charge in [0, 0.05) is 5.92 Å². The summed E-state index contributed by atoms with van der Waals surface area (Å²) in [4.78, 5) is 0. The first-order chi connectivity index (χ1) is 8.17. The van der Waals surface area contributed by atoms with Crippen molar-refractivity contribution in [1.29, 1.82) is 5.26 Å². The van der Waals surface area contributed by atoms with Gasteiger partial charge in [0.2, 0.25) is 0 Å². The standard InChI is InChI=1S/C14H17NO2/c1-3-14(2)16-9-13(10-17-14)12-6-4-11(8-15)5-7-12/h4-7,13H,3,9-10H2,1-2H3. The molecule has 0 N–H and O–H groups in total. The van der Waals surface area contributed by atoms with E-state index in [0.29, 0.717) is 18.8 Å². The maximum Gasteiger partial charge on any atom is 0.165 e. The van der Waals surface area contributed by atoms with Crippen molar-refractivity contribution in [2.45, 2.75) is 32.0 Å². The van der Waals surface area contributed by atoms with Crippen LogP contribution < -0.4 is 0 Å². The Bertz CT molecular complexity index is 411. The molecule has 0 amide bonds. The predicted molar refractivity (Wildman–Crippen MR) is 64.5 cm³/mol. The van der Waals surface area contributed by atoms with Crippen molar-refractivity contribution >= 4 is 0 Å². The average Bonchev–Trinajstić information content (AvgIpc) is 2.40. The van der Waals surface area contributed by atoms with Crippen molar-refractivity contribution in [3.8, 4) is 6.07 Å². The lowest BCUT2D eigenvalue weighted by molar-refractivity contribution is -0.263. The third kappa shape index (κ3) is 2.66. The summed E-state index contributed by atoms with van der Waals surface area (Å²) in [6.07, 6.45) is 0.854. The Hall–Kier alpha value is -1.37. The molecule has 90 valence electrons. The minimum Gasteiger partial charge on any atom is -0.350 e. The number of ether oxygens (including phenoxy) is 2. The third-order valence-electron chi connectivity index (χ3n) is 3.33. The lowest BCUT2D eigenvalue weighted by Crippen LogP contribution is -2.40. The van der Waals surface area contributed by atoms with Crippen molar-refractivity contribution in [3.05, 3.63) is 35.4 Å². The van der Waals surface area contributed by atoms with E-state index in [4.69, 9.17) is 14.7 Å². The summed E-state index contributed by atoms with van der Waals surface area (Å²) >= 11 is 0. The number of nitriles is 1. The molecule has 0 aromatic heterocycles. The van der Waals surface area contributed by atoms with Crippen LogP contribution in [0.15, 0.2) is 24.3 Å². The van der Waals surface area contributed by atoms with Crippen molar-refractivity contribution in [1.82, 2.24) is 0 Å². The second-order valence-electron chi connectivity index (χ2n) is 4.54. The zero-order valence-electron chi connectivity index (χ0n) is 10.3. The number of rotatable bonds is 2. The van der Waals surface area contributed by atoms with Gasteiger partial charge in [-0.1, -0.05) is 19.1 Å². The molecule has 1 fully saturated rings. The monoisotopic (exact) mass is 231 g/mol. The molecule has 2 rings (SSSR count). The van der Waals surface area contributed by atoms with Gasteiger partial charge in [0.05, 0.1) is 24.8 Å². The molecule has 1 heterocycles. The van der Waals surface area contributed by atoms with Crippen LogP contribution in [0.3, 0.4) is 0 Å². The van der Waals surface area contributed by atoms with E-state index in [0.717, 1.165) is 6.42 Å². The Morgan fingerprint density at radius 1 is 1.29 bits per heavy atom. The normalized spacial score (nSPS) is 28.6. The van der Waals surface area contributed by atoms with Crippen molar-refractivity contribution < 1.29 is 9.47 Å². The van der Waals surface area contributed by atoms with Crippen LogP contribution in [0.2, 0.25) is 0 Å². The van der Waals surface area contributed by atoms with Gasteiger partial charge in [-0.3, -0.25) is 0 Å². The summed E-state index contributed by atoms with van der Waals surface area (Å²) in [5, 5.41) is 8.74. The summed E-state index contributed by atoms with van der Waals surface area (Å²) < 4.78 is 11.5. The molecular weight excluding hydrogens is 214 g/mol. The quantitative estimate of drug-likeness (QED) is 0.786. The molecule has 0 bridgehead atoms. The summed E-state index contributed by atoms with van der Waals surface area (Å²) in [5.74, 6) is -0.161. The van der Waals surface area contributed by atoms with Gasteiger partial charge in [-0.2, -0.15) is 5.26 Å². The second-order valence-corrected chi connectivity index (χ2v) is 4.54. The minimum absolute atomic E-state index is 0.266. The summed E-state index contributed by atoms with van der Waals surface area (Å²) in [6, 6.07) is 9.74. The minimum atomic E-state index is -0.427. The van der Waals surface area contributed by atoms with E-state index >= 15 is 0 Å². The lowest BCUT2D eigenvalue weighted by atomic mass is 9.98. The molecule has 0 spiro atoms. The van der Waals surface area contributed by atoms with E-state index in [-0.39, 0.29) is 5.92 Å². The van der Waals surface area contributed by atoms with E-state index in [9.17, 15) is 0 Å². The van der Waals surface area contributed by atoms with Gasteiger partial charge in [-0.15, -0.1) is 0 Å². The van der Waals surface area contributed by atoms with E-state index in [1.165, 1.54) is 5.56 Å². The van der Waals surface area contributed by atoms with E-state index in [1.807, 2.05) is 31.2 Å². The Morgan fingerprint density at radius 2 is 1.88 bits per heavy atom. The van der Waals surface area contributed by atoms with Crippen molar-refractivity contribution in [2.75, 3.05) is 13.2 Å². The van der Waals surface area contributed by atoms with Crippen LogP contribution >= 0.6 is 0 Å². The highest BCUT2D eigenvalue weighted by atomic mass is 16.7. The smallest absolute Gasteiger partial charge is 0.165 e. The van der Waals surface area contributed by atoms with Gasteiger partial charge >= 0.3 is 0 Å². The average molecular weight is 231 g/mol. The fourth-order valence-corrected chi connectivity index (χ4v) is 1.87. The lowest BCUT2D eigenvalue weighted by Gasteiger charge is -2.37. The van der Waals surface area contributed by atoms with Crippen LogP contribution in [0.1, 0.15) is 37.3 Å². The molecule has 0 atom stereocenters. The molecular formula is C14H17NO2. The van der Waals surface area contributed by atoms with Crippen LogP contribution in [0, 0.1) is 11.3 Å². The number of benzene rings is 1. The SMILES string of the molecule is CCC1(C)OCC(c2ccc(C#N)cc2)CO1. The first-order valence-electron chi connectivity index (χ1n) is 5.95. The molecule has 1 aromatic rings. The summed E-state index contributed by atoms with van der Waals surface area (Å²) in [7, 11) is 0. The van der Waals surface area contributed by atoms with Crippen LogP contribution in [0.4, 0.5) is 0 Å². The van der Waals surface area contributed by atoms with Gasteiger partial charge in [0.15, 0.2) is 5.79 Å². The summed E-state index contributed by atoms with van der Waals surface area (Å²) in [6.45, 7) is 5.39. The second kappa shape index (κ2) is 4.87. The van der Waals surface area contributed by atoms with E-state index in [1.54, 1.807) is 0 Å². The highest BCUT2D eigenvalue weighted by Crippen LogP contribution is 2.29. The van der Waals surface area contributed by atoms with Gasteiger partial charge in [0.25, 0.3) is 0 Å². The molecule has 3 nitrogen and oxygen atoms in total. The fourth-order valence-electron chi connectivity index (χ4n) is 1.87. The van der Waals surface area contributed by atoms with Crippen LogP contribution in [0.5, 0.6) is 0 Å². The molecule has 1 aliphatic heterocycles. The topological polar surface area (TPSA) is 42.2 Å². The van der Waals surface area contributed by atoms with Crippen LogP contribution in [-0.2, 0) is 9.47 Å². The maximum absolute atomic E-state index is 8.74. The number of nitrogens with zero attached hydrogens (tertiary/aromatic N) is 1. The van der Waals surface area contributed by atoms with Gasteiger partial charge < -0.3 is 9.47 Å².